The lowest BCUT2D eigenvalue weighted by atomic mass is 10.1. The fourth-order valence-corrected chi connectivity index (χ4v) is 3.94. The number of benzene rings is 2. The van der Waals surface area contributed by atoms with Crippen LogP contribution in [0, 0.1) is 0 Å². The third-order valence-electron chi connectivity index (χ3n) is 5.19. The molecule has 0 saturated carbocycles. The van der Waals surface area contributed by atoms with E-state index in [1.807, 2.05) is 45.9 Å². The van der Waals surface area contributed by atoms with E-state index in [1.165, 1.54) is 0 Å². The van der Waals surface area contributed by atoms with Crippen molar-refractivity contribution < 1.29 is 19.1 Å². The number of amides is 2. The predicted molar refractivity (Wildman–Crippen MR) is 137 cm³/mol. The first kappa shape index (κ1) is 27.8. The molecular weight excluding hydrogens is 475 g/mol. The Kier molecular flexibility index (Phi) is 11.0. The van der Waals surface area contributed by atoms with Gasteiger partial charge in [0.15, 0.2) is 11.5 Å². The van der Waals surface area contributed by atoms with Gasteiger partial charge in [-0.05, 0) is 76.4 Å². The van der Waals surface area contributed by atoms with Crippen molar-refractivity contribution in [1.29, 1.82) is 0 Å². The molecular formula is C26H34Cl2N2O4. The van der Waals surface area contributed by atoms with E-state index in [4.69, 9.17) is 32.7 Å². The van der Waals surface area contributed by atoms with Crippen molar-refractivity contribution in [2.45, 2.75) is 66.1 Å². The third-order valence-corrected chi connectivity index (χ3v) is 5.78. The molecule has 1 atom stereocenters. The molecule has 2 aromatic carbocycles. The Hall–Kier alpha value is -2.44. The van der Waals surface area contributed by atoms with Crippen LogP contribution in [-0.4, -0.2) is 42.0 Å². The second-order valence-electron chi connectivity index (χ2n) is 8.24. The second-order valence-corrected chi connectivity index (χ2v) is 9.09. The molecule has 2 amide bonds. The average Bonchev–Trinajstić information content (AvgIpc) is 2.78. The number of ether oxygens (including phenoxy) is 2. The van der Waals surface area contributed by atoms with Crippen LogP contribution in [0.15, 0.2) is 36.4 Å². The molecule has 0 fully saturated rings. The van der Waals surface area contributed by atoms with Gasteiger partial charge in [-0.25, -0.2) is 0 Å². The van der Waals surface area contributed by atoms with Gasteiger partial charge in [0.25, 0.3) is 0 Å². The molecule has 0 radical (unpaired) electrons. The van der Waals surface area contributed by atoms with Crippen LogP contribution in [-0.2, 0) is 22.6 Å². The van der Waals surface area contributed by atoms with Crippen molar-refractivity contribution in [3.8, 4) is 11.5 Å². The van der Waals surface area contributed by atoms with Crippen LogP contribution in [0.1, 0.15) is 52.2 Å². The van der Waals surface area contributed by atoms with Gasteiger partial charge in [0.2, 0.25) is 11.8 Å². The van der Waals surface area contributed by atoms with Gasteiger partial charge in [-0.1, -0.05) is 35.3 Å². The Bertz CT molecular complexity index is 981. The normalized spacial score (nSPS) is 11.8. The maximum absolute atomic E-state index is 13.3. The lowest BCUT2D eigenvalue weighted by Gasteiger charge is -2.30. The summed E-state index contributed by atoms with van der Waals surface area (Å²) in [5.41, 5.74) is 1.67. The van der Waals surface area contributed by atoms with Crippen LogP contribution in [0.3, 0.4) is 0 Å². The summed E-state index contributed by atoms with van der Waals surface area (Å²) in [7, 11) is 0. The van der Waals surface area contributed by atoms with Gasteiger partial charge in [-0.15, -0.1) is 0 Å². The number of aryl methyl sites for hydroxylation is 1. The average molecular weight is 509 g/mol. The summed E-state index contributed by atoms with van der Waals surface area (Å²) >= 11 is 12.4. The monoisotopic (exact) mass is 508 g/mol. The van der Waals surface area contributed by atoms with E-state index < -0.39 is 6.04 Å². The molecule has 186 valence electrons. The molecule has 6 nitrogen and oxygen atoms in total. The Morgan fingerprint density at radius 1 is 0.971 bits per heavy atom. The summed E-state index contributed by atoms with van der Waals surface area (Å²) in [4.78, 5) is 27.6. The van der Waals surface area contributed by atoms with Crippen molar-refractivity contribution in [3.63, 3.8) is 0 Å². The molecule has 8 heteroatoms. The summed E-state index contributed by atoms with van der Waals surface area (Å²) in [6.45, 7) is 10.6. The number of nitrogens with zero attached hydrogens (tertiary/aromatic N) is 1. The quantitative estimate of drug-likeness (QED) is 0.401. The number of hydrogen-bond acceptors (Lipinski definition) is 4. The fourth-order valence-electron chi connectivity index (χ4n) is 3.47. The number of carbonyl (C=O) groups is 2. The van der Waals surface area contributed by atoms with Crippen molar-refractivity contribution in [1.82, 2.24) is 10.2 Å². The van der Waals surface area contributed by atoms with Crippen molar-refractivity contribution in [2.24, 2.45) is 0 Å². The molecule has 0 spiro atoms. The lowest BCUT2D eigenvalue weighted by molar-refractivity contribution is -0.140. The minimum atomic E-state index is -0.666. The topological polar surface area (TPSA) is 67.9 Å². The predicted octanol–water partition coefficient (Wildman–Crippen LogP) is 5.67. The molecule has 0 bridgehead atoms. The van der Waals surface area contributed by atoms with Gasteiger partial charge in [0.05, 0.1) is 13.2 Å². The zero-order chi connectivity index (χ0) is 25.3. The minimum Gasteiger partial charge on any atom is -0.490 e. The van der Waals surface area contributed by atoms with Gasteiger partial charge in [-0.2, -0.15) is 0 Å². The van der Waals surface area contributed by atoms with E-state index in [0.29, 0.717) is 41.2 Å². The van der Waals surface area contributed by atoms with Crippen molar-refractivity contribution in [3.05, 3.63) is 57.6 Å². The minimum absolute atomic E-state index is 0.0353. The molecule has 0 aromatic heterocycles. The molecule has 34 heavy (non-hydrogen) atoms. The molecule has 0 aliphatic carbocycles. The van der Waals surface area contributed by atoms with Crippen LogP contribution in [0.4, 0.5) is 0 Å². The number of halogens is 2. The molecule has 2 aromatic rings. The highest BCUT2D eigenvalue weighted by molar-refractivity contribution is 6.35. The summed E-state index contributed by atoms with van der Waals surface area (Å²) in [6, 6.07) is 10.1. The molecule has 1 N–H and O–H groups in total. The molecule has 0 aliphatic heterocycles. The molecule has 1 unspecified atom stereocenters. The third kappa shape index (κ3) is 8.10. The van der Waals surface area contributed by atoms with Crippen LogP contribution in [0.2, 0.25) is 10.0 Å². The number of nitrogens with one attached hydrogen (secondary N) is 1. The number of hydrogen-bond donors (Lipinski definition) is 1. The van der Waals surface area contributed by atoms with E-state index in [9.17, 15) is 9.59 Å². The first-order valence-electron chi connectivity index (χ1n) is 11.6. The highest BCUT2D eigenvalue weighted by atomic mass is 35.5. The molecule has 2 rings (SSSR count). The standard InChI is InChI=1S/C26H34Cl2N2O4/c1-6-33-23-12-8-19(14-24(23)34-7-2)9-13-25(31)30(18(5)26(32)29-17(3)4)16-20-10-11-21(27)15-22(20)28/h8,10-12,14-15,17-18H,6-7,9,13,16H2,1-5H3,(H,29,32). The summed E-state index contributed by atoms with van der Waals surface area (Å²) in [5, 5.41) is 3.85. The first-order chi connectivity index (χ1) is 16.2. The smallest absolute Gasteiger partial charge is 0.242 e. The number of carbonyl (C=O) groups excluding carboxylic acids is 2. The van der Waals surface area contributed by atoms with E-state index >= 15 is 0 Å². The maximum Gasteiger partial charge on any atom is 0.242 e. The van der Waals surface area contributed by atoms with Crippen molar-refractivity contribution in [2.75, 3.05) is 13.2 Å². The maximum atomic E-state index is 13.3. The zero-order valence-corrected chi connectivity index (χ0v) is 22.0. The lowest BCUT2D eigenvalue weighted by Crippen LogP contribution is -2.49. The SMILES string of the molecule is CCOc1ccc(CCC(=O)N(Cc2ccc(Cl)cc2Cl)C(C)C(=O)NC(C)C)cc1OCC. The summed E-state index contributed by atoms with van der Waals surface area (Å²) in [5.74, 6) is 0.971. The van der Waals surface area contributed by atoms with Crippen LogP contribution in [0.25, 0.3) is 0 Å². The van der Waals surface area contributed by atoms with Crippen LogP contribution in [0.5, 0.6) is 11.5 Å². The van der Waals surface area contributed by atoms with E-state index in [0.717, 1.165) is 11.1 Å². The fraction of sp³-hybridized carbons (Fsp3) is 0.462. The van der Waals surface area contributed by atoms with Gasteiger partial charge in [0.1, 0.15) is 6.04 Å². The molecule has 0 heterocycles. The van der Waals surface area contributed by atoms with E-state index in [2.05, 4.69) is 5.32 Å². The van der Waals surface area contributed by atoms with Crippen LogP contribution >= 0.6 is 23.2 Å². The second kappa shape index (κ2) is 13.4. The van der Waals surface area contributed by atoms with E-state index in [-0.39, 0.29) is 30.8 Å². The van der Waals surface area contributed by atoms with Gasteiger partial charge in [0, 0.05) is 29.1 Å². The summed E-state index contributed by atoms with van der Waals surface area (Å²) < 4.78 is 11.3. The Morgan fingerprint density at radius 3 is 2.26 bits per heavy atom. The first-order valence-corrected chi connectivity index (χ1v) is 12.3. The van der Waals surface area contributed by atoms with Gasteiger partial charge < -0.3 is 19.7 Å². The molecule has 0 aliphatic rings. The Morgan fingerprint density at radius 2 is 1.65 bits per heavy atom. The highest BCUT2D eigenvalue weighted by Gasteiger charge is 2.27. The Balaban J connectivity index is 2.22. The summed E-state index contributed by atoms with van der Waals surface area (Å²) in [6.07, 6.45) is 0.721. The molecule has 0 saturated heterocycles. The largest absolute Gasteiger partial charge is 0.490 e. The van der Waals surface area contributed by atoms with Gasteiger partial charge >= 0.3 is 0 Å². The van der Waals surface area contributed by atoms with Crippen LogP contribution < -0.4 is 14.8 Å². The van der Waals surface area contributed by atoms with Crippen molar-refractivity contribution >= 4 is 35.0 Å². The highest BCUT2D eigenvalue weighted by Crippen LogP contribution is 2.29. The zero-order valence-electron chi connectivity index (χ0n) is 20.5. The Labute approximate surface area is 212 Å². The van der Waals surface area contributed by atoms with Gasteiger partial charge in [-0.3, -0.25) is 9.59 Å². The number of rotatable bonds is 12. The van der Waals surface area contributed by atoms with E-state index in [1.54, 1.807) is 30.0 Å².